The Hall–Kier alpha value is -2.58. The summed E-state index contributed by atoms with van der Waals surface area (Å²) in [4.78, 5) is 0. The van der Waals surface area contributed by atoms with Crippen LogP contribution in [0.5, 0.6) is 0 Å². The van der Waals surface area contributed by atoms with E-state index in [2.05, 4.69) is 41.4 Å². The Bertz CT molecular complexity index is 994. The molecule has 2 aliphatic heterocycles. The number of hydrogen-bond donors (Lipinski definition) is 0. The fraction of sp³-hybridized carbons (Fsp3) is 0.368. The van der Waals surface area contributed by atoms with Crippen LogP contribution in [0.1, 0.15) is 33.4 Å². The Kier molecular flexibility index (Phi) is 4.59. The van der Waals surface area contributed by atoms with Crippen molar-refractivity contribution in [1.29, 1.82) is 0 Å². The summed E-state index contributed by atoms with van der Waals surface area (Å²) in [7, 11) is 0. The summed E-state index contributed by atoms with van der Waals surface area (Å²) in [6.07, 6.45) is 0. The summed E-state index contributed by atoms with van der Waals surface area (Å²) < 4.78 is -1.87. The van der Waals surface area contributed by atoms with Crippen LogP contribution in [0.2, 0.25) is 0 Å². The van der Waals surface area contributed by atoms with Crippen LogP contribution < -0.4 is 0 Å². The van der Waals surface area contributed by atoms with Gasteiger partial charge in [0.1, 0.15) is 0 Å². The van der Waals surface area contributed by atoms with Crippen molar-refractivity contribution in [2.45, 2.75) is 43.4 Å². The second-order valence-corrected chi connectivity index (χ2v) is 8.50. The first-order valence-electron chi connectivity index (χ1n) is 8.96. The SMILES string of the molecule is Cc1cccc(C2(C(Cl)(Cl)C3(c4cccc(C)c4C)N=NN=N3)N=NN=N2)c1C. The molecule has 0 saturated carbocycles. The summed E-state index contributed by atoms with van der Waals surface area (Å²) in [5.74, 6) is 0. The molecule has 0 aromatic heterocycles. The minimum Gasteiger partial charge on any atom is -0.126 e. The molecule has 0 unspecified atom stereocenters. The lowest BCUT2D eigenvalue weighted by Crippen LogP contribution is -2.53. The monoisotopic (exact) mass is 428 g/mol. The Labute approximate surface area is 177 Å². The second kappa shape index (κ2) is 6.74. The molecule has 0 aliphatic carbocycles. The molecule has 0 spiro atoms. The topological polar surface area (TPSA) is 98.9 Å². The lowest BCUT2D eigenvalue weighted by atomic mass is 9.81. The van der Waals surface area contributed by atoms with Gasteiger partial charge in [-0.2, -0.15) is 0 Å². The van der Waals surface area contributed by atoms with Gasteiger partial charge >= 0.3 is 0 Å². The van der Waals surface area contributed by atoms with Gasteiger partial charge in [-0.3, -0.25) is 0 Å². The third-order valence-corrected chi connectivity index (χ3v) is 6.73. The molecule has 0 amide bonds. The van der Waals surface area contributed by atoms with Crippen molar-refractivity contribution in [2.75, 3.05) is 0 Å². The lowest BCUT2D eigenvalue weighted by Gasteiger charge is -2.41. The van der Waals surface area contributed by atoms with Gasteiger partial charge in [-0.1, -0.05) is 59.6 Å². The van der Waals surface area contributed by atoms with E-state index in [-0.39, 0.29) is 0 Å². The van der Waals surface area contributed by atoms with E-state index >= 15 is 0 Å². The van der Waals surface area contributed by atoms with Crippen LogP contribution in [0, 0.1) is 27.7 Å². The standard InChI is InChI=1S/C19H18Cl2N8/c1-11-7-5-9-15(13(11)3)17(22-26-27-23-17)19(20,21)18(24-28-29-25-18)16-10-6-8-12(2)14(16)4/h5-10H,1-4H3. The van der Waals surface area contributed by atoms with Crippen molar-refractivity contribution in [3.8, 4) is 0 Å². The van der Waals surface area contributed by atoms with Gasteiger partial charge in [0.15, 0.2) is 0 Å². The predicted molar refractivity (Wildman–Crippen MR) is 109 cm³/mol. The molecular weight excluding hydrogens is 411 g/mol. The molecule has 0 atom stereocenters. The van der Waals surface area contributed by atoms with Crippen molar-refractivity contribution < 1.29 is 0 Å². The molecule has 29 heavy (non-hydrogen) atoms. The van der Waals surface area contributed by atoms with Gasteiger partial charge in [0.2, 0.25) is 4.33 Å². The molecule has 0 bridgehead atoms. The summed E-state index contributed by atoms with van der Waals surface area (Å²) in [5, 5.41) is 32.2. The van der Waals surface area contributed by atoms with Crippen LogP contribution in [-0.4, -0.2) is 4.33 Å². The highest BCUT2D eigenvalue weighted by atomic mass is 35.5. The predicted octanol–water partition coefficient (Wildman–Crippen LogP) is 6.77. The first kappa shape index (κ1) is 19.7. The van der Waals surface area contributed by atoms with E-state index in [1.165, 1.54) is 0 Å². The minimum atomic E-state index is -1.87. The van der Waals surface area contributed by atoms with Crippen molar-refractivity contribution in [3.05, 3.63) is 69.8 Å². The average Bonchev–Trinajstić information content (AvgIpc) is 3.37. The molecule has 148 valence electrons. The number of nitrogens with zero attached hydrogens (tertiary/aromatic N) is 8. The van der Waals surface area contributed by atoms with E-state index in [1.807, 2.05) is 64.1 Å². The first-order chi connectivity index (χ1) is 13.8. The van der Waals surface area contributed by atoms with E-state index in [9.17, 15) is 0 Å². The zero-order chi connectivity index (χ0) is 20.9. The highest BCUT2D eigenvalue weighted by Crippen LogP contribution is 2.61. The van der Waals surface area contributed by atoms with Crippen molar-refractivity contribution in [2.24, 2.45) is 41.4 Å². The molecule has 0 saturated heterocycles. The van der Waals surface area contributed by atoms with E-state index in [4.69, 9.17) is 23.2 Å². The largest absolute Gasteiger partial charge is 0.257 e. The Morgan fingerprint density at radius 2 is 0.966 bits per heavy atom. The van der Waals surface area contributed by atoms with E-state index < -0.39 is 15.7 Å². The molecule has 10 heteroatoms. The number of halogens is 2. The second-order valence-electron chi connectivity index (χ2n) is 7.17. The molecule has 4 rings (SSSR count). The highest BCUT2D eigenvalue weighted by molar-refractivity contribution is 6.50. The van der Waals surface area contributed by atoms with E-state index in [0.717, 1.165) is 22.3 Å². The zero-order valence-corrected chi connectivity index (χ0v) is 17.8. The molecule has 0 radical (unpaired) electrons. The number of aryl methyl sites for hydroxylation is 2. The van der Waals surface area contributed by atoms with Gasteiger partial charge in [-0.25, -0.2) is 0 Å². The summed E-state index contributed by atoms with van der Waals surface area (Å²) >= 11 is 14.3. The Morgan fingerprint density at radius 1 is 0.621 bits per heavy atom. The Balaban J connectivity index is 2.03. The van der Waals surface area contributed by atoms with Crippen LogP contribution in [0.15, 0.2) is 77.7 Å². The number of alkyl halides is 2. The molecular formula is C19H18Cl2N8. The van der Waals surface area contributed by atoms with Gasteiger partial charge in [0, 0.05) is 11.1 Å². The molecule has 0 fully saturated rings. The third-order valence-electron chi connectivity index (χ3n) is 5.67. The van der Waals surface area contributed by atoms with Gasteiger partial charge in [-0.15, -0.1) is 20.5 Å². The summed E-state index contributed by atoms with van der Waals surface area (Å²) in [6.45, 7) is 7.86. The lowest BCUT2D eigenvalue weighted by molar-refractivity contribution is 0.267. The van der Waals surface area contributed by atoms with Crippen LogP contribution in [0.25, 0.3) is 0 Å². The maximum atomic E-state index is 7.13. The molecule has 2 aromatic rings. The fourth-order valence-corrected chi connectivity index (χ4v) is 4.39. The molecule has 8 nitrogen and oxygen atoms in total. The van der Waals surface area contributed by atoms with Crippen molar-refractivity contribution in [1.82, 2.24) is 0 Å². The van der Waals surface area contributed by atoms with Crippen molar-refractivity contribution in [3.63, 3.8) is 0 Å². The first-order valence-corrected chi connectivity index (χ1v) is 9.72. The third kappa shape index (κ3) is 2.59. The Morgan fingerprint density at radius 3 is 1.31 bits per heavy atom. The van der Waals surface area contributed by atoms with Gasteiger partial charge in [-0.05, 0) is 70.8 Å². The van der Waals surface area contributed by atoms with Crippen LogP contribution in [0.3, 0.4) is 0 Å². The molecule has 2 aliphatic rings. The summed E-state index contributed by atoms with van der Waals surface area (Å²) in [5.41, 5.74) is 2.05. The zero-order valence-electron chi connectivity index (χ0n) is 16.3. The smallest absolute Gasteiger partial charge is 0.126 e. The normalized spacial score (nSPS) is 18.7. The van der Waals surface area contributed by atoms with E-state index in [1.54, 1.807) is 0 Å². The maximum absolute atomic E-state index is 7.13. The van der Waals surface area contributed by atoms with Crippen LogP contribution in [-0.2, 0) is 11.3 Å². The quantitative estimate of drug-likeness (QED) is 0.480. The number of hydrogen-bond acceptors (Lipinski definition) is 8. The fourth-order valence-electron chi connectivity index (χ4n) is 3.68. The highest BCUT2D eigenvalue weighted by Gasteiger charge is 2.70. The number of benzene rings is 2. The van der Waals surface area contributed by atoms with Crippen LogP contribution in [0.4, 0.5) is 0 Å². The molecule has 0 N–H and O–H groups in total. The van der Waals surface area contributed by atoms with Crippen molar-refractivity contribution >= 4 is 23.2 Å². The maximum Gasteiger partial charge on any atom is 0.257 e. The van der Waals surface area contributed by atoms with E-state index in [0.29, 0.717) is 11.1 Å². The van der Waals surface area contributed by atoms with Gasteiger partial charge < -0.3 is 0 Å². The molecule has 2 aromatic carbocycles. The summed E-state index contributed by atoms with van der Waals surface area (Å²) in [6, 6.07) is 11.4. The van der Waals surface area contributed by atoms with Crippen LogP contribution >= 0.6 is 23.2 Å². The average molecular weight is 429 g/mol. The molecule has 2 heterocycles. The number of rotatable bonds is 4. The minimum absolute atomic E-state index is 0.662. The van der Waals surface area contributed by atoms with Gasteiger partial charge in [0.25, 0.3) is 11.3 Å². The van der Waals surface area contributed by atoms with Gasteiger partial charge in [0.05, 0.1) is 0 Å².